The molecule has 1 fully saturated rings. The van der Waals surface area contributed by atoms with Crippen molar-refractivity contribution in [3.63, 3.8) is 0 Å². The van der Waals surface area contributed by atoms with E-state index in [1.54, 1.807) is 24.3 Å². The largest absolute Gasteiger partial charge is 0.429 e. The number of rotatable bonds is 7. The summed E-state index contributed by atoms with van der Waals surface area (Å²) < 4.78 is 10.2. The maximum atomic E-state index is 12.2. The van der Waals surface area contributed by atoms with Crippen LogP contribution in [-0.4, -0.2) is 12.4 Å². The minimum Gasteiger partial charge on any atom is -0.429 e. The van der Waals surface area contributed by atoms with Gasteiger partial charge in [-0.15, -0.1) is 0 Å². The fraction of sp³-hybridized carbons (Fsp3) is 0.391. The first-order valence-corrected chi connectivity index (χ1v) is 9.72. The molecule has 1 aliphatic rings. The van der Waals surface area contributed by atoms with Crippen molar-refractivity contribution in [2.24, 2.45) is 5.92 Å². The lowest BCUT2D eigenvalue weighted by molar-refractivity contribution is -0.120. The summed E-state index contributed by atoms with van der Waals surface area (Å²) >= 11 is 0. The van der Waals surface area contributed by atoms with Gasteiger partial charge in [-0.1, -0.05) is 31.9 Å². The highest BCUT2D eigenvalue weighted by Gasteiger charge is 2.21. The van der Waals surface area contributed by atoms with Crippen LogP contribution in [0.25, 0.3) is 0 Å². The molecule has 0 unspecified atom stereocenters. The van der Waals surface area contributed by atoms with Crippen LogP contribution in [0.15, 0.2) is 48.5 Å². The van der Waals surface area contributed by atoms with Crippen molar-refractivity contribution in [1.29, 1.82) is 0 Å². The summed E-state index contributed by atoms with van der Waals surface area (Å²) in [7, 11) is 0. The molecule has 0 saturated heterocycles. The Labute approximate surface area is 160 Å². The molecule has 0 radical (unpaired) electrons. The Bertz CT molecular complexity index is 741. The highest BCUT2D eigenvalue weighted by Crippen LogP contribution is 2.37. The van der Waals surface area contributed by atoms with E-state index in [0.717, 1.165) is 5.92 Å². The zero-order valence-corrected chi connectivity index (χ0v) is 15.7. The summed E-state index contributed by atoms with van der Waals surface area (Å²) in [5, 5.41) is 0. The van der Waals surface area contributed by atoms with Gasteiger partial charge in [-0.3, -0.25) is 4.79 Å². The van der Waals surface area contributed by atoms with Crippen molar-refractivity contribution in [2.75, 3.05) is 0 Å². The molecule has 0 bridgehead atoms. The van der Waals surface area contributed by atoms with Crippen molar-refractivity contribution < 1.29 is 19.1 Å². The number of hydrogen-bond acceptors (Lipinski definition) is 4. The van der Waals surface area contributed by atoms with Crippen LogP contribution in [0.5, 0.6) is 11.5 Å². The van der Waals surface area contributed by atoms with Crippen LogP contribution in [-0.2, 0) is 4.79 Å². The van der Waals surface area contributed by atoms with Gasteiger partial charge in [0.2, 0.25) is 0 Å². The maximum Gasteiger partial charge on any atom is 0.343 e. The fourth-order valence-corrected chi connectivity index (χ4v) is 3.89. The van der Waals surface area contributed by atoms with Crippen molar-refractivity contribution in [3.8, 4) is 11.5 Å². The van der Waals surface area contributed by atoms with Crippen molar-refractivity contribution in [2.45, 2.75) is 51.4 Å². The van der Waals surface area contributed by atoms with Crippen LogP contribution in [0.2, 0.25) is 0 Å². The summed E-state index contributed by atoms with van der Waals surface area (Å²) in [6, 6.07) is 14.2. The van der Waals surface area contributed by atoms with E-state index in [1.807, 2.05) is 12.1 Å². The second kappa shape index (κ2) is 9.36. The average molecular weight is 366 g/mol. The molecule has 4 heteroatoms. The van der Waals surface area contributed by atoms with Gasteiger partial charge in [-0.05, 0) is 79.5 Å². The first-order chi connectivity index (χ1) is 13.2. The Hall–Kier alpha value is -2.62. The van der Waals surface area contributed by atoms with Gasteiger partial charge in [-0.25, -0.2) is 4.79 Å². The number of esters is 1. The van der Waals surface area contributed by atoms with Gasteiger partial charge < -0.3 is 9.47 Å². The van der Waals surface area contributed by atoms with Crippen LogP contribution in [0, 0.1) is 5.92 Å². The molecule has 0 heterocycles. The van der Waals surface area contributed by atoms with Gasteiger partial charge in [0.1, 0.15) is 11.5 Å². The van der Waals surface area contributed by atoms with Crippen molar-refractivity contribution in [3.05, 3.63) is 59.7 Å². The normalized spacial score (nSPS) is 19.3. The molecule has 4 nitrogen and oxygen atoms in total. The Morgan fingerprint density at radius 1 is 0.963 bits per heavy atom. The van der Waals surface area contributed by atoms with Gasteiger partial charge in [-0.2, -0.15) is 0 Å². The standard InChI is InChI=1S/C23H26O4/c1-2-3-17-4-6-18(7-5-17)19-8-14-22(15-9-19)27-23(25)20-10-12-21(13-11-20)26-16-24/h8-18H,2-7H2,1H3. The van der Waals surface area contributed by atoms with Gasteiger partial charge in [0.15, 0.2) is 0 Å². The van der Waals surface area contributed by atoms with E-state index in [9.17, 15) is 9.59 Å². The molecule has 0 spiro atoms. The summed E-state index contributed by atoms with van der Waals surface area (Å²) in [5.74, 6) is 2.01. The molecule has 2 aromatic carbocycles. The number of carbonyl (C=O) groups is 2. The lowest BCUT2D eigenvalue weighted by Gasteiger charge is -2.28. The summed E-state index contributed by atoms with van der Waals surface area (Å²) in [6.45, 7) is 2.62. The zero-order chi connectivity index (χ0) is 19.1. The molecular weight excluding hydrogens is 340 g/mol. The fourth-order valence-electron chi connectivity index (χ4n) is 3.89. The van der Waals surface area contributed by atoms with Crippen LogP contribution in [0.4, 0.5) is 0 Å². The number of carbonyl (C=O) groups excluding carboxylic acids is 2. The average Bonchev–Trinajstić information content (AvgIpc) is 2.70. The van der Waals surface area contributed by atoms with E-state index in [2.05, 4.69) is 19.1 Å². The van der Waals surface area contributed by atoms with Crippen molar-refractivity contribution in [1.82, 2.24) is 0 Å². The van der Waals surface area contributed by atoms with E-state index in [0.29, 0.717) is 29.5 Å². The SMILES string of the molecule is CCCC1CCC(c2ccc(OC(=O)c3ccc(OC=O)cc3)cc2)CC1. The second-order valence-electron chi connectivity index (χ2n) is 7.20. The van der Waals surface area contributed by atoms with Crippen LogP contribution < -0.4 is 9.47 Å². The van der Waals surface area contributed by atoms with E-state index >= 15 is 0 Å². The van der Waals surface area contributed by atoms with Crippen molar-refractivity contribution >= 4 is 12.4 Å². The Morgan fingerprint density at radius 2 is 1.59 bits per heavy atom. The molecule has 0 aliphatic heterocycles. The van der Waals surface area contributed by atoms with E-state index in [1.165, 1.54) is 44.1 Å². The quantitative estimate of drug-likeness (QED) is 0.368. The second-order valence-corrected chi connectivity index (χ2v) is 7.20. The van der Waals surface area contributed by atoms with Gasteiger partial charge in [0, 0.05) is 0 Å². The number of benzene rings is 2. The smallest absolute Gasteiger partial charge is 0.343 e. The molecule has 3 rings (SSSR count). The third-order valence-corrected chi connectivity index (χ3v) is 5.38. The van der Waals surface area contributed by atoms with E-state index < -0.39 is 5.97 Å². The lowest BCUT2D eigenvalue weighted by Crippen LogP contribution is -2.13. The molecule has 0 aromatic heterocycles. The van der Waals surface area contributed by atoms with Crippen LogP contribution >= 0.6 is 0 Å². The zero-order valence-electron chi connectivity index (χ0n) is 15.7. The van der Waals surface area contributed by atoms with E-state index in [-0.39, 0.29) is 0 Å². The minimum atomic E-state index is -0.430. The van der Waals surface area contributed by atoms with Gasteiger partial charge in [0.25, 0.3) is 6.47 Å². The van der Waals surface area contributed by atoms with Gasteiger partial charge in [0.05, 0.1) is 5.56 Å². The molecule has 1 aliphatic carbocycles. The molecule has 27 heavy (non-hydrogen) atoms. The lowest BCUT2D eigenvalue weighted by atomic mass is 9.77. The maximum absolute atomic E-state index is 12.2. The number of hydrogen-bond donors (Lipinski definition) is 0. The number of ether oxygens (including phenoxy) is 2. The van der Waals surface area contributed by atoms with E-state index in [4.69, 9.17) is 9.47 Å². The summed E-state index contributed by atoms with van der Waals surface area (Å²) in [4.78, 5) is 22.5. The topological polar surface area (TPSA) is 52.6 Å². The molecule has 0 amide bonds. The van der Waals surface area contributed by atoms with Gasteiger partial charge >= 0.3 is 5.97 Å². The molecular formula is C23H26O4. The minimum absolute atomic E-state index is 0.352. The third kappa shape index (κ3) is 5.19. The molecule has 2 aromatic rings. The highest BCUT2D eigenvalue weighted by atomic mass is 16.5. The predicted octanol–water partition coefficient (Wildman–Crippen LogP) is 5.51. The van der Waals surface area contributed by atoms with Crippen LogP contribution in [0.3, 0.4) is 0 Å². The first kappa shape index (κ1) is 19.2. The molecule has 142 valence electrons. The van der Waals surface area contributed by atoms with Crippen LogP contribution in [0.1, 0.15) is 67.3 Å². The molecule has 0 atom stereocenters. The monoisotopic (exact) mass is 366 g/mol. The Kier molecular flexibility index (Phi) is 6.64. The Morgan fingerprint density at radius 3 is 2.19 bits per heavy atom. The summed E-state index contributed by atoms with van der Waals surface area (Å²) in [6.07, 6.45) is 7.77. The molecule has 1 saturated carbocycles. The third-order valence-electron chi connectivity index (χ3n) is 5.38. The Balaban J connectivity index is 1.56. The molecule has 0 N–H and O–H groups in total. The highest BCUT2D eigenvalue weighted by molar-refractivity contribution is 5.91. The predicted molar refractivity (Wildman–Crippen MR) is 104 cm³/mol. The first-order valence-electron chi connectivity index (χ1n) is 9.72. The summed E-state index contributed by atoms with van der Waals surface area (Å²) in [5.41, 5.74) is 1.74.